The molecule has 0 saturated carbocycles. The van der Waals surface area contributed by atoms with Gasteiger partial charge >= 0.3 is 0 Å². The summed E-state index contributed by atoms with van der Waals surface area (Å²) in [6.45, 7) is 4.15. The second-order valence-corrected chi connectivity index (χ2v) is 9.63. The molecule has 0 aliphatic carbocycles. The van der Waals surface area contributed by atoms with Crippen LogP contribution in [-0.4, -0.2) is 44.9 Å². The Kier molecular flexibility index (Phi) is 5.97. The zero-order valence-electron chi connectivity index (χ0n) is 17.0. The number of fused-ring (bicyclic) bond motifs is 1. The third-order valence-corrected chi connectivity index (χ3v) is 7.29. The number of hydrogen-bond acceptors (Lipinski definition) is 5. The molecule has 2 aliphatic rings. The van der Waals surface area contributed by atoms with Gasteiger partial charge in [0.2, 0.25) is 10.0 Å². The van der Waals surface area contributed by atoms with Gasteiger partial charge in [-0.1, -0.05) is 18.2 Å². The first kappa shape index (κ1) is 20.7. The van der Waals surface area contributed by atoms with Crippen molar-refractivity contribution in [3.63, 3.8) is 0 Å². The minimum atomic E-state index is -3.30. The van der Waals surface area contributed by atoms with Gasteiger partial charge in [-0.2, -0.15) is 0 Å². The van der Waals surface area contributed by atoms with Gasteiger partial charge in [-0.15, -0.1) is 0 Å². The van der Waals surface area contributed by atoms with Crippen molar-refractivity contribution in [3.05, 3.63) is 59.2 Å². The van der Waals surface area contributed by atoms with Gasteiger partial charge in [-0.3, -0.25) is 4.79 Å². The largest absolute Gasteiger partial charge is 0.486 e. The van der Waals surface area contributed by atoms with Gasteiger partial charge in [-0.05, 0) is 55.2 Å². The summed E-state index contributed by atoms with van der Waals surface area (Å²) in [4.78, 5) is 12.6. The number of carbonyl (C=O) groups is 1. The number of sulfonamides is 1. The van der Waals surface area contributed by atoms with Crippen LogP contribution in [0.1, 0.15) is 47.3 Å². The standard InChI is InChI=1S/C22H26N2O5S/c1-16(19-8-9-20-21(14-19)29-13-12-28-20)23-22(25)18-6-4-17(5-7-18)15-30(26,27)24-10-2-3-11-24/h4-9,14,16H,2-3,10-13,15H2,1H3,(H,23,25)/t16-/m0/s1. The second kappa shape index (κ2) is 8.65. The molecule has 0 radical (unpaired) electrons. The summed E-state index contributed by atoms with van der Waals surface area (Å²) in [7, 11) is -3.30. The van der Waals surface area contributed by atoms with E-state index in [1.807, 2.05) is 25.1 Å². The van der Waals surface area contributed by atoms with Gasteiger partial charge in [0.15, 0.2) is 11.5 Å². The van der Waals surface area contributed by atoms with Gasteiger partial charge < -0.3 is 14.8 Å². The van der Waals surface area contributed by atoms with Crippen LogP contribution in [0.2, 0.25) is 0 Å². The molecule has 8 heteroatoms. The molecular weight excluding hydrogens is 404 g/mol. The lowest BCUT2D eigenvalue weighted by Gasteiger charge is -2.21. The number of hydrogen-bond donors (Lipinski definition) is 1. The van der Waals surface area contributed by atoms with E-state index in [-0.39, 0.29) is 17.7 Å². The Morgan fingerprint density at radius 2 is 1.70 bits per heavy atom. The average molecular weight is 431 g/mol. The Morgan fingerprint density at radius 3 is 2.40 bits per heavy atom. The molecule has 1 N–H and O–H groups in total. The summed E-state index contributed by atoms with van der Waals surface area (Å²) in [6.07, 6.45) is 1.83. The highest BCUT2D eigenvalue weighted by atomic mass is 32.2. The minimum Gasteiger partial charge on any atom is -0.486 e. The van der Waals surface area contributed by atoms with Gasteiger partial charge in [0, 0.05) is 18.7 Å². The molecule has 1 fully saturated rings. The van der Waals surface area contributed by atoms with Gasteiger partial charge in [0.05, 0.1) is 11.8 Å². The monoisotopic (exact) mass is 430 g/mol. The molecule has 0 aromatic heterocycles. The van der Waals surface area contributed by atoms with Crippen molar-refractivity contribution in [2.75, 3.05) is 26.3 Å². The third-order valence-electron chi connectivity index (χ3n) is 5.44. The predicted molar refractivity (Wildman–Crippen MR) is 113 cm³/mol. The molecule has 0 bridgehead atoms. The van der Waals surface area contributed by atoms with Crippen molar-refractivity contribution in [1.82, 2.24) is 9.62 Å². The fourth-order valence-corrected chi connectivity index (χ4v) is 5.32. The second-order valence-electron chi connectivity index (χ2n) is 7.66. The van der Waals surface area contributed by atoms with E-state index in [4.69, 9.17) is 9.47 Å². The minimum absolute atomic E-state index is 0.0392. The van der Waals surface area contributed by atoms with Crippen molar-refractivity contribution in [2.45, 2.75) is 31.6 Å². The van der Waals surface area contributed by atoms with Crippen LogP contribution in [0.4, 0.5) is 0 Å². The molecule has 2 aromatic carbocycles. The smallest absolute Gasteiger partial charge is 0.251 e. The van der Waals surface area contributed by atoms with Crippen LogP contribution in [0.3, 0.4) is 0 Å². The van der Waals surface area contributed by atoms with Crippen LogP contribution in [-0.2, 0) is 15.8 Å². The molecule has 0 unspecified atom stereocenters. The predicted octanol–water partition coefficient (Wildman–Crippen LogP) is 2.87. The summed E-state index contributed by atoms with van der Waals surface area (Å²) < 4.78 is 37.6. The fraction of sp³-hybridized carbons (Fsp3) is 0.409. The molecular formula is C22H26N2O5S. The third kappa shape index (κ3) is 4.60. The Labute approximate surface area is 177 Å². The Morgan fingerprint density at radius 1 is 1.03 bits per heavy atom. The molecule has 2 aromatic rings. The van der Waals surface area contributed by atoms with Gasteiger partial charge in [0.1, 0.15) is 13.2 Å². The first-order valence-corrected chi connectivity index (χ1v) is 11.8. The first-order chi connectivity index (χ1) is 14.4. The molecule has 2 heterocycles. The summed E-state index contributed by atoms with van der Waals surface area (Å²) >= 11 is 0. The van der Waals surface area contributed by atoms with Crippen molar-refractivity contribution in [3.8, 4) is 11.5 Å². The molecule has 1 saturated heterocycles. The molecule has 160 valence electrons. The maximum absolute atomic E-state index is 12.6. The lowest BCUT2D eigenvalue weighted by Crippen LogP contribution is -2.29. The van der Waals surface area contributed by atoms with Crippen LogP contribution in [0, 0.1) is 0 Å². The molecule has 30 heavy (non-hydrogen) atoms. The lowest BCUT2D eigenvalue weighted by atomic mass is 10.1. The van der Waals surface area contributed by atoms with Crippen molar-refractivity contribution >= 4 is 15.9 Å². The van der Waals surface area contributed by atoms with Crippen molar-refractivity contribution in [1.29, 1.82) is 0 Å². The Hall–Kier alpha value is -2.58. The zero-order chi connectivity index (χ0) is 21.1. The van der Waals surface area contributed by atoms with Gasteiger partial charge in [-0.25, -0.2) is 12.7 Å². The van der Waals surface area contributed by atoms with E-state index in [0.29, 0.717) is 48.9 Å². The van der Waals surface area contributed by atoms with Crippen LogP contribution < -0.4 is 14.8 Å². The normalized spacial score (nSPS) is 17.5. The van der Waals surface area contributed by atoms with Crippen molar-refractivity contribution < 1.29 is 22.7 Å². The van der Waals surface area contributed by atoms with Crippen LogP contribution >= 0.6 is 0 Å². The summed E-state index contributed by atoms with van der Waals surface area (Å²) in [6, 6.07) is 12.2. The summed E-state index contributed by atoms with van der Waals surface area (Å²) in [5.74, 6) is 1.14. The highest BCUT2D eigenvalue weighted by molar-refractivity contribution is 7.88. The topological polar surface area (TPSA) is 84.9 Å². The molecule has 2 aliphatic heterocycles. The van der Waals surface area contributed by atoms with E-state index in [9.17, 15) is 13.2 Å². The highest BCUT2D eigenvalue weighted by Gasteiger charge is 2.25. The molecule has 1 atom stereocenters. The number of benzene rings is 2. The molecule has 0 spiro atoms. The maximum Gasteiger partial charge on any atom is 0.251 e. The van der Waals surface area contributed by atoms with Crippen LogP contribution in [0.5, 0.6) is 11.5 Å². The lowest BCUT2D eigenvalue weighted by molar-refractivity contribution is 0.0939. The average Bonchev–Trinajstić information content (AvgIpc) is 3.29. The van der Waals surface area contributed by atoms with Gasteiger partial charge in [0.25, 0.3) is 5.91 Å². The first-order valence-electron chi connectivity index (χ1n) is 10.2. The van der Waals surface area contributed by atoms with E-state index >= 15 is 0 Å². The molecule has 7 nitrogen and oxygen atoms in total. The Balaban J connectivity index is 1.39. The molecule has 1 amide bonds. The van der Waals surface area contributed by atoms with E-state index in [0.717, 1.165) is 18.4 Å². The van der Waals surface area contributed by atoms with E-state index in [2.05, 4.69) is 5.32 Å². The quantitative estimate of drug-likeness (QED) is 0.762. The van der Waals surface area contributed by atoms with Crippen LogP contribution in [0.15, 0.2) is 42.5 Å². The number of nitrogens with zero attached hydrogens (tertiary/aromatic N) is 1. The number of carbonyl (C=O) groups excluding carboxylic acids is 1. The summed E-state index contributed by atoms with van der Waals surface area (Å²) in [5.41, 5.74) is 2.08. The number of rotatable bonds is 6. The maximum atomic E-state index is 12.6. The number of nitrogens with one attached hydrogen (secondary N) is 1. The molecule has 4 rings (SSSR count). The number of amides is 1. The number of ether oxygens (including phenoxy) is 2. The van der Waals surface area contributed by atoms with E-state index in [1.54, 1.807) is 28.6 Å². The fourth-order valence-electron chi connectivity index (χ4n) is 3.71. The van der Waals surface area contributed by atoms with E-state index < -0.39 is 10.0 Å². The highest BCUT2D eigenvalue weighted by Crippen LogP contribution is 2.32. The zero-order valence-corrected chi connectivity index (χ0v) is 17.8. The Bertz CT molecular complexity index is 1010. The van der Waals surface area contributed by atoms with Crippen LogP contribution in [0.25, 0.3) is 0 Å². The van der Waals surface area contributed by atoms with E-state index in [1.165, 1.54) is 0 Å². The SMILES string of the molecule is C[C@H](NC(=O)c1ccc(CS(=O)(=O)N2CCCC2)cc1)c1ccc2c(c1)OCCO2. The summed E-state index contributed by atoms with van der Waals surface area (Å²) in [5, 5.41) is 2.97. The van der Waals surface area contributed by atoms with Crippen molar-refractivity contribution in [2.24, 2.45) is 0 Å².